The molecule has 6 nitrogen and oxygen atoms in total. The van der Waals surface area contributed by atoms with Crippen molar-refractivity contribution in [3.63, 3.8) is 0 Å². The van der Waals surface area contributed by atoms with Gasteiger partial charge in [0, 0.05) is 0 Å². The lowest BCUT2D eigenvalue weighted by atomic mass is 9.91. The lowest BCUT2D eigenvalue weighted by Gasteiger charge is -2.22. The van der Waals surface area contributed by atoms with E-state index >= 15 is 0 Å². The van der Waals surface area contributed by atoms with Crippen LogP contribution >= 0.6 is 0 Å². The number of benzene rings is 2. The molecule has 3 amide bonds. The van der Waals surface area contributed by atoms with E-state index in [1.54, 1.807) is 37.3 Å². The number of rotatable bonds is 4. The van der Waals surface area contributed by atoms with Gasteiger partial charge in [0.2, 0.25) is 0 Å². The van der Waals surface area contributed by atoms with Gasteiger partial charge in [-0.3, -0.25) is 9.69 Å². The van der Waals surface area contributed by atoms with Crippen molar-refractivity contribution in [3.05, 3.63) is 65.0 Å². The Balaban J connectivity index is 1.89. The van der Waals surface area contributed by atoms with Gasteiger partial charge in [0.15, 0.2) is 11.6 Å². The zero-order valence-electron chi connectivity index (χ0n) is 14.2. The highest BCUT2D eigenvalue weighted by molar-refractivity contribution is 6.07. The van der Waals surface area contributed by atoms with Crippen molar-refractivity contribution in [1.29, 1.82) is 5.26 Å². The van der Waals surface area contributed by atoms with E-state index < -0.39 is 23.3 Å². The van der Waals surface area contributed by atoms with Crippen LogP contribution in [0.2, 0.25) is 0 Å². The Morgan fingerprint density at radius 1 is 1.27 bits per heavy atom. The number of carbonyl (C=O) groups excluding carboxylic acids is 2. The van der Waals surface area contributed by atoms with Crippen LogP contribution in [0.4, 0.5) is 9.18 Å². The molecule has 2 aromatic carbocycles. The second-order valence-electron chi connectivity index (χ2n) is 6.11. The van der Waals surface area contributed by atoms with Crippen molar-refractivity contribution in [2.45, 2.75) is 19.0 Å². The molecule has 0 aromatic heterocycles. The van der Waals surface area contributed by atoms with E-state index in [1.807, 2.05) is 6.07 Å². The van der Waals surface area contributed by atoms with Crippen LogP contribution in [0.1, 0.15) is 23.6 Å². The molecule has 7 heteroatoms. The van der Waals surface area contributed by atoms with Crippen molar-refractivity contribution < 1.29 is 18.7 Å². The minimum Gasteiger partial charge on any atom is -0.494 e. The van der Waals surface area contributed by atoms with E-state index in [-0.39, 0.29) is 12.3 Å². The van der Waals surface area contributed by atoms with Crippen LogP contribution in [0.3, 0.4) is 0 Å². The van der Waals surface area contributed by atoms with Crippen molar-refractivity contribution in [1.82, 2.24) is 10.2 Å². The fraction of sp³-hybridized carbons (Fsp3) is 0.211. The van der Waals surface area contributed by atoms with Crippen molar-refractivity contribution >= 4 is 11.9 Å². The first-order valence-electron chi connectivity index (χ1n) is 7.86. The van der Waals surface area contributed by atoms with Crippen LogP contribution in [0.5, 0.6) is 5.75 Å². The summed E-state index contributed by atoms with van der Waals surface area (Å²) in [6, 6.07) is 12.2. The largest absolute Gasteiger partial charge is 0.494 e. The lowest BCUT2D eigenvalue weighted by molar-refractivity contribution is -0.131. The minimum atomic E-state index is -1.28. The van der Waals surface area contributed by atoms with Gasteiger partial charge in [-0.1, -0.05) is 18.2 Å². The average Bonchev–Trinajstić information content (AvgIpc) is 2.86. The molecule has 0 spiro atoms. The highest BCUT2D eigenvalue weighted by atomic mass is 19.1. The van der Waals surface area contributed by atoms with E-state index in [0.29, 0.717) is 16.7 Å². The number of amides is 3. The van der Waals surface area contributed by atoms with Crippen molar-refractivity contribution in [2.24, 2.45) is 0 Å². The molecule has 132 valence electrons. The Morgan fingerprint density at radius 2 is 2.04 bits per heavy atom. The Labute approximate surface area is 149 Å². The third kappa shape index (κ3) is 2.86. The van der Waals surface area contributed by atoms with E-state index in [0.717, 1.165) is 4.90 Å². The minimum absolute atomic E-state index is 0.0703. The molecule has 0 unspecified atom stereocenters. The molecule has 1 fully saturated rings. The number of nitriles is 1. The van der Waals surface area contributed by atoms with E-state index in [2.05, 4.69) is 5.32 Å². The molecule has 1 heterocycles. The molecule has 1 aliphatic rings. The summed E-state index contributed by atoms with van der Waals surface area (Å²) >= 11 is 0. The summed E-state index contributed by atoms with van der Waals surface area (Å²) in [5, 5.41) is 11.7. The smallest absolute Gasteiger partial charge is 0.325 e. The fourth-order valence-electron chi connectivity index (χ4n) is 2.93. The quantitative estimate of drug-likeness (QED) is 0.857. The first-order chi connectivity index (χ1) is 12.4. The van der Waals surface area contributed by atoms with E-state index in [1.165, 1.54) is 19.2 Å². The molecule has 1 saturated heterocycles. The van der Waals surface area contributed by atoms with Crippen LogP contribution in [-0.2, 0) is 16.9 Å². The summed E-state index contributed by atoms with van der Waals surface area (Å²) in [6.45, 7) is 1.51. The number of urea groups is 1. The van der Waals surface area contributed by atoms with E-state index in [9.17, 15) is 14.0 Å². The van der Waals surface area contributed by atoms with Gasteiger partial charge in [0.25, 0.3) is 5.91 Å². The first-order valence-corrected chi connectivity index (χ1v) is 7.86. The van der Waals surface area contributed by atoms with Gasteiger partial charge in [-0.25, -0.2) is 9.18 Å². The van der Waals surface area contributed by atoms with Gasteiger partial charge in [0.05, 0.1) is 25.3 Å². The summed E-state index contributed by atoms with van der Waals surface area (Å²) < 4.78 is 18.7. The molecule has 26 heavy (non-hydrogen) atoms. The summed E-state index contributed by atoms with van der Waals surface area (Å²) in [5.74, 6) is -0.945. The summed E-state index contributed by atoms with van der Waals surface area (Å²) in [6.07, 6.45) is 0. The average molecular weight is 353 g/mol. The molecule has 0 bridgehead atoms. The maximum absolute atomic E-state index is 13.9. The standard InChI is InChI=1S/C19H16FN3O3/c1-19(14-5-3-4-12(8-14)10-21)17(24)23(18(25)22-19)11-13-6-7-16(26-2)15(20)9-13/h3-9H,11H2,1-2H3,(H,22,25)/t19-/m1/s1. The zero-order valence-corrected chi connectivity index (χ0v) is 14.2. The van der Waals surface area contributed by atoms with Crippen LogP contribution in [0, 0.1) is 17.1 Å². The number of nitrogens with zero attached hydrogens (tertiary/aromatic N) is 2. The highest BCUT2D eigenvalue weighted by Gasteiger charge is 2.48. The number of nitrogens with one attached hydrogen (secondary N) is 1. The molecule has 0 saturated carbocycles. The molecule has 0 aliphatic carbocycles. The number of ether oxygens (including phenoxy) is 1. The van der Waals surface area contributed by atoms with Crippen molar-refractivity contribution in [3.8, 4) is 11.8 Å². The number of hydrogen-bond acceptors (Lipinski definition) is 4. The summed E-state index contributed by atoms with van der Waals surface area (Å²) in [5.41, 5.74) is 0.0798. The number of hydrogen-bond donors (Lipinski definition) is 1. The van der Waals surface area contributed by atoms with Crippen LogP contribution < -0.4 is 10.1 Å². The monoisotopic (exact) mass is 353 g/mol. The second kappa shape index (κ2) is 6.48. The maximum atomic E-state index is 13.9. The first kappa shape index (κ1) is 17.4. The topological polar surface area (TPSA) is 82.4 Å². The second-order valence-corrected chi connectivity index (χ2v) is 6.11. The number of halogens is 1. The maximum Gasteiger partial charge on any atom is 0.325 e. The Hall–Kier alpha value is -3.40. The molecular weight excluding hydrogens is 337 g/mol. The van der Waals surface area contributed by atoms with Gasteiger partial charge in [0.1, 0.15) is 5.54 Å². The molecule has 0 radical (unpaired) electrons. The van der Waals surface area contributed by atoms with Crippen LogP contribution in [0.15, 0.2) is 42.5 Å². The van der Waals surface area contributed by atoms with E-state index in [4.69, 9.17) is 10.00 Å². The molecule has 3 rings (SSSR count). The van der Waals surface area contributed by atoms with Crippen LogP contribution in [0.25, 0.3) is 0 Å². The number of methoxy groups -OCH3 is 1. The summed E-state index contributed by atoms with van der Waals surface area (Å²) in [4.78, 5) is 26.3. The Morgan fingerprint density at radius 3 is 2.69 bits per heavy atom. The van der Waals surface area contributed by atoms with Gasteiger partial charge >= 0.3 is 6.03 Å². The third-order valence-electron chi connectivity index (χ3n) is 4.40. The normalized spacial score (nSPS) is 19.2. The highest BCUT2D eigenvalue weighted by Crippen LogP contribution is 2.30. The van der Waals surface area contributed by atoms with Crippen molar-refractivity contribution in [2.75, 3.05) is 7.11 Å². The van der Waals surface area contributed by atoms with Gasteiger partial charge < -0.3 is 10.1 Å². The Kier molecular flexibility index (Phi) is 4.34. The van der Waals surface area contributed by atoms with Gasteiger partial charge in [-0.2, -0.15) is 5.26 Å². The molecule has 2 aromatic rings. The summed E-state index contributed by atoms with van der Waals surface area (Å²) in [7, 11) is 1.36. The predicted octanol–water partition coefficient (Wildman–Crippen LogP) is 2.67. The number of carbonyl (C=O) groups is 2. The molecule has 1 aliphatic heterocycles. The Bertz CT molecular complexity index is 938. The molecule has 1 atom stereocenters. The lowest BCUT2D eigenvalue weighted by Crippen LogP contribution is -2.40. The SMILES string of the molecule is COc1ccc(CN2C(=O)N[C@](C)(c3cccc(C#N)c3)C2=O)cc1F. The van der Waals surface area contributed by atoms with Gasteiger partial charge in [-0.05, 0) is 42.3 Å². The molecule has 1 N–H and O–H groups in total. The van der Waals surface area contributed by atoms with Crippen LogP contribution in [-0.4, -0.2) is 23.9 Å². The zero-order chi connectivity index (χ0) is 18.9. The predicted molar refractivity (Wildman–Crippen MR) is 90.5 cm³/mol. The molecular formula is C19H16FN3O3. The third-order valence-corrected chi connectivity index (χ3v) is 4.40. The van der Waals surface area contributed by atoms with Gasteiger partial charge in [-0.15, -0.1) is 0 Å². The number of imide groups is 1. The fourth-order valence-corrected chi connectivity index (χ4v) is 2.93.